The molecular formula is C20H20N2O5. The fraction of sp³-hybridized carbons (Fsp3) is 0.300. The van der Waals surface area contributed by atoms with Gasteiger partial charge in [0, 0.05) is 24.7 Å². The van der Waals surface area contributed by atoms with Gasteiger partial charge >= 0.3 is 0 Å². The maximum Gasteiger partial charge on any atom is 0.229 e. The average molecular weight is 368 g/mol. The molecule has 1 unspecified atom stereocenters. The molecule has 4 rings (SSSR count). The van der Waals surface area contributed by atoms with Crippen LogP contribution in [0.2, 0.25) is 0 Å². The van der Waals surface area contributed by atoms with E-state index < -0.39 is 5.92 Å². The molecule has 1 atom stereocenters. The summed E-state index contributed by atoms with van der Waals surface area (Å²) in [5.74, 6) is 1.14. The van der Waals surface area contributed by atoms with Gasteiger partial charge in [0.15, 0.2) is 11.5 Å². The minimum atomic E-state index is -0.435. The molecule has 7 nitrogen and oxygen atoms in total. The maximum atomic E-state index is 12.6. The lowest BCUT2D eigenvalue weighted by atomic mass is 10.1. The first kappa shape index (κ1) is 17.2. The van der Waals surface area contributed by atoms with Crippen LogP contribution in [0.5, 0.6) is 17.2 Å². The third kappa shape index (κ3) is 3.40. The van der Waals surface area contributed by atoms with Crippen molar-refractivity contribution in [2.75, 3.05) is 37.1 Å². The number of para-hydroxylation sites is 2. The molecule has 1 N–H and O–H groups in total. The van der Waals surface area contributed by atoms with Crippen LogP contribution in [0, 0.1) is 5.92 Å². The number of benzene rings is 2. The lowest BCUT2D eigenvalue weighted by Gasteiger charge is -2.22. The van der Waals surface area contributed by atoms with Crippen molar-refractivity contribution in [2.24, 2.45) is 5.92 Å². The highest BCUT2D eigenvalue weighted by Crippen LogP contribution is 2.36. The molecule has 2 aromatic rings. The number of hydrogen-bond acceptors (Lipinski definition) is 5. The van der Waals surface area contributed by atoms with Crippen LogP contribution in [-0.4, -0.2) is 38.7 Å². The first-order chi connectivity index (χ1) is 13.2. The number of nitrogens with zero attached hydrogens (tertiary/aromatic N) is 1. The molecule has 2 aliphatic heterocycles. The van der Waals surface area contributed by atoms with E-state index >= 15 is 0 Å². The summed E-state index contributed by atoms with van der Waals surface area (Å²) in [4.78, 5) is 26.7. The molecule has 0 aromatic heterocycles. The van der Waals surface area contributed by atoms with Gasteiger partial charge in [-0.3, -0.25) is 9.59 Å². The number of hydrogen-bond donors (Lipinski definition) is 1. The first-order valence-corrected chi connectivity index (χ1v) is 8.79. The highest BCUT2D eigenvalue weighted by atomic mass is 16.6. The second-order valence-electron chi connectivity index (χ2n) is 6.42. The Morgan fingerprint density at radius 3 is 2.74 bits per heavy atom. The van der Waals surface area contributed by atoms with E-state index in [4.69, 9.17) is 14.2 Å². The van der Waals surface area contributed by atoms with Crippen LogP contribution < -0.4 is 24.4 Å². The van der Waals surface area contributed by atoms with Crippen molar-refractivity contribution in [1.82, 2.24) is 0 Å². The van der Waals surface area contributed by atoms with Gasteiger partial charge in [0.25, 0.3) is 0 Å². The molecule has 2 amide bonds. The third-order valence-electron chi connectivity index (χ3n) is 4.70. The molecule has 2 aliphatic rings. The molecule has 2 aromatic carbocycles. The predicted molar refractivity (Wildman–Crippen MR) is 99.5 cm³/mol. The number of anilines is 2. The van der Waals surface area contributed by atoms with Gasteiger partial charge < -0.3 is 24.4 Å². The number of ether oxygens (including phenoxy) is 3. The van der Waals surface area contributed by atoms with Crippen molar-refractivity contribution in [2.45, 2.75) is 6.42 Å². The molecule has 0 saturated carbocycles. The van der Waals surface area contributed by atoms with E-state index in [9.17, 15) is 9.59 Å². The number of fused-ring (bicyclic) bond motifs is 1. The summed E-state index contributed by atoms with van der Waals surface area (Å²) in [6, 6.07) is 12.6. The molecule has 7 heteroatoms. The number of methoxy groups -OCH3 is 1. The Morgan fingerprint density at radius 1 is 1.15 bits per heavy atom. The van der Waals surface area contributed by atoms with Crippen LogP contribution in [0.15, 0.2) is 42.5 Å². The lowest BCUT2D eigenvalue weighted by molar-refractivity contribution is -0.122. The monoisotopic (exact) mass is 368 g/mol. The van der Waals surface area contributed by atoms with Gasteiger partial charge in [0.2, 0.25) is 11.8 Å². The SMILES string of the molecule is COc1ccccc1NC(=O)C1CC(=O)N(c2ccc3c(c2)OCCO3)C1. The summed E-state index contributed by atoms with van der Waals surface area (Å²) in [5.41, 5.74) is 1.30. The van der Waals surface area contributed by atoms with Gasteiger partial charge in [-0.2, -0.15) is 0 Å². The van der Waals surface area contributed by atoms with E-state index in [2.05, 4.69) is 5.32 Å². The molecule has 0 bridgehead atoms. The second-order valence-corrected chi connectivity index (χ2v) is 6.42. The Bertz CT molecular complexity index is 882. The van der Waals surface area contributed by atoms with Crippen molar-refractivity contribution in [3.8, 4) is 17.2 Å². The highest BCUT2D eigenvalue weighted by molar-refractivity contribution is 6.04. The van der Waals surface area contributed by atoms with E-state index in [0.29, 0.717) is 48.4 Å². The van der Waals surface area contributed by atoms with Crippen LogP contribution in [0.25, 0.3) is 0 Å². The summed E-state index contributed by atoms with van der Waals surface area (Å²) in [7, 11) is 1.55. The zero-order valence-electron chi connectivity index (χ0n) is 14.9. The Kier molecular flexibility index (Phi) is 4.58. The fourth-order valence-corrected chi connectivity index (χ4v) is 3.32. The molecule has 27 heavy (non-hydrogen) atoms. The van der Waals surface area contributed by atoms with Crippen LogP contribution >= 0.6 is 0 Å². The molecule has 2 heterocycles. The largest absolute Gasteiger partial charge is 0.495 e. The zero-order valence-corrected chi connectivity index (χ0v) is 14.9. The fourth-order valence-electron chi connectivity index (χ4n) is 3.32. The van der Waals surface area contributed by atoms with Gasteiger partial charge in [-0.25, -0.2) is 0 Å². The van der Waals surface area contributed by atoms with Gasteiger partial charge in [-0.15, -0.1) is 0 Å². The summed E-state index contributed by atoms with van der Waals surface area (Å²) in [6.45, 7) is 1.31. The lowest BCUT2D eigenvalue weighted by Crippen LogP contribution is -2.28. The number of amides is 2. The molecule has 0 spiro atoms. The normalized spacial score (nSPS) is 18.3. The van der Waals surface area contributed by atoms with E-state index in [-0.39, 0.29) is 18.2 Å². The summed E-state index contributed by atoms with van der Waals surface area (Å²) in [6.07, 6.45) is 0.162. The van der Waals surface area contributed by atoms with E-state index in [1.165, 1.54) is 0 Å². The van der Waals surface area contributed by atoms with Crippen LogP contribution in [0.3, 0.4) is 0 Å². The molecule has 140 valence electrons. The smallest absolute Gasteiger partial charge is 0.229 e. The van der Waals surface area contributed by atoms with Gasteiger partial charge in [-0.05, 0) is 24.3 Å². The van der Waals surface area contributed by atoms with Crippen molar-refractivity contribution >= 4 is 23.2 Å². The van der Waals surface area contributed by atoms with Gasteiger partial charge in [0.1, 0.15) is 19.0 Å². The zero-order chi connectivity index (χ0) is 18.8. The first-order valence-electron chi connectivity index (χ1n) is 8.79. The van der Waals surface area contributed by atoms with Crippen LogP contribution in [0.1, 0.15) is 6.42 Å². The number of rotatable bonds is 4. The second kappa shape index (κ2) is 7.19. The quantitative estimate of drug-likeness (QED) is 0.897. The van der Waals surface area contributed by atoms with E-state index in [1.807, 2.05) is 18.2 Å². The summed E-state index contributed by atoms with van der Waals surface area (Å²) < 4.78 is 16.3. The van der Waals surface area contributed by atoms with Crippen molar-refractivity contribution in [1.29, 1.82) is 0 Å². The standard InChI is InChI=1S/C20H20N2O5/c1-25-16-5-3-2-4-15(16)21-20(24)13-10-19(23)22(12-13)14-6-7-17-18(11-14)27-9-8-26-17/h2-7,11,13H,8-10,12H2,1H3,(H,21,24). The van der Waals surface area contributed by atoms with Crippen LogP contribution in [0.4, 0.5) is 11.4 Å². The summed E-state index contributed by atoms with van der Waals surface area (Å²) >= 11 is 0. The highest BCUT2D eigenvalue weighted by Gasteiger charge is 2.35. The van der Waals surface area contributed by atoms with Gasteiger partial charge in [-0.1, -0.05) is 12.1 Å². The molecule has 1 saturated heterocycles. The van der Waals surface area contributed by atoms with Crippen molar-refractivity contribution < 1.29 is 23.8 Å². The third-order valence-corrected chi connectivity index (χ3v) is 4.70. The number of nitrogens with one attached hydrogen (secondary N) is 1. The Morgan fingerprint density at radius 2 is 1.93 bits per heavy atom. The van der Waals surface area contributed by atoms with Crippen molar-refractivity contribution in [3.05, 3.63) is 42.5 Å². The average Bonchev–Trinajstić information content (AvgIpc) is 3.10. The van der Waals surface area contributed by atoms with Gasteiger partial charge in [0.05, 0.1) is 18.7 Å². The molecular weight excluding hydrogens is 348 g/mol. The number of carbonyl (C=O) groups excluding carboxylic acids is 2. The topological polar surface area (TPSA) is 77.1 Å². The van der Waals surface area contributed by atoms with E-state index in [1.54, 1.807) is 36.3 Å². The Balaban J connectivity index is 1.48. The Labute approximate surface area is 156 Å². The minimum absolute atomic E-state index is 0.0909. The summed E-state index contributed by atoms with van der Waals surface area (Å²) in [5, 5.41) is 2.86. The Hall–Kier alpha value is -3.22. The molecule has 1 fully saturated rings. The predicted octanol–water partition coefficient (Wildman–Crippen LogP) is 2.46. The minimum Gasteiger partial charge on any atom is -0.495 e. The van der Waals surface area contributed by atoms with Crippen molar-refractivity contribution in [3.63, 3.8) is 0 Å². The number of carbonyl (C=O) groups is 2. The van der Waals surface area contributed by atoms with E-state index in [0.717, 1.165) is 0 Å². The van der Waals surface area contributed by atoms with Crippen LogP contribution in [-0.2, 0) is 9.59 Å². The maximum absolute atomic E-state index is 12.6. The molecule has 0 aliphatic carbocycles. The molecule has 0 radical (unpaired) electrons.